The zero-order valence-electron chi connectivity index (χ0n) is 32.7. The van der Waals surface area contributed by atoms with Crippen LogP contribution in [0.1, 0.15) is 11.1 Å². The predicted octanol–water partition coefficient (Wildman–Crippen LogP) is 12.2. The Morgan fingerprint density at radius 1 is 0.508 bits per heavy atom. The van der Waals surface area contributed by atoms with Crippen LogP contribution in [0.5, 0.6) is 11.5 Å². The maximum atomic E-state index is 6.82. The van der Waals surface area contributed by atoms with E-state index in [1.165, 1.54) is 22.0 Å². The van der Waals surface area contributed by atoms with Gasteiger partial charge in [-0.2, -0.15) is 0 Å². The summed E-state index contributed by atoms with van der Waals surface area (Å²) >= 11 is 0. The fourth-order valence-electron chi connectivity index (χ4n) is 9.08. The predicted molar refractivity (Wildman–Crippen MR) is 242 cm³/mol. The highest BCUT2D eigenvalue weighted by Crippen LogP contribution is 2.49. The topological polar surface area (TPSA) is 48.1 Å². The van der Waals surface area contributed by atoms with Gasteiger partial charge in [-0.1, -0.05) is 132 Å². The van der Waals surface area contributed by atoms with Gasteiger partial charge in [0.25, 0.3) is 0 Å². The largest absolute Gasteiger partial charge is 0.457 e. The number of para-hydroxylation sites is 2. The summed E-state index contributed by atoms with van der Waals surface area (Å²) in [5.74, 6) is 3.21. The fraction of sp³-hybridized carbons (Fsp3) is 0.0385. The Balaban J connectivity index is 1.12. The lowest BCUT2D eigenvalue weighted by molar-refractivity contribution is 0.483. The van der Waals surface area contributed by atoms with Crippen LogP contribution < -0.4 is 15.0 Å². The van der Waals surface area contributed by atoms with Crippen LogP contribution in [0.2, 0.25) is 0 Å². The Morgan fingerprint density at radius 2 is 1.15 bits per heavy atom. The third-order valence-corrected chi connectivity index (χ3v) is 11.7. The summed E-state index contributed by atoms with van der Waals surface area (Å²) in [6, 6.07) is 62.0. The molecular weight excluding hydrogens is 721 g/mol. The molecule has 1 aliphatic rings. The van der Waals surface area contributed by atoms with Crippen LogP contribution in [0.3, 0.4) is 0 Å². The zero-order chi connectivity index (χ0) is 39.5. The van der Waals surface area contributed by atoms with Gasteiger partial charge in [0.2, 0.25) is 0 Å². The van der Waals surface area contributed by atoms with Crippen molar-refractivity contribution in [1.82, 2.24) is 19.0 Å². The van der Waals surface area contributed by atoms with E-state index in [0.717, 1.165) is 78.8 Å². The van der Waals surface area contributed by atoms with E-state index in [2.05, 4.69) is 192 Å². The molecule has 59 heavy (non-hydrogen) atoms. The molecule has 0 spiro atoms. The van der Waals surface area contributed by atoms with Crippen molar-refractivity contribution in [3.8, 4) is 51.0 Å². The highest BCUT2D eigenvalue weighted by molar-refractivity contribution is 6.78. The standard InChI is InChI=1S/C52H38BN5O/c1-35-15-13-16-36(2)50(35)53-56-32-31-55-52(56)45-33-39(59-40-26-28-44-43-21-9-10-24-46(43)57(48(44)34-40)49-25-11-12-30-54-49)27-29-47(45)58(53)51-41(37-17-5-3-6-18-37)22-14-23-42(51)38-19-7-4-8-20-38/h3-34H,1-2H3. The average molecular weight is 760 g/mol. The van der Waals surface area contributed by atoms with E-state index < -0.39 is 0 Å². The molecule has 7 heteroatoms. The highest BCUT2D eigenvalue weighted by atomic mass is 16.5. The van der Waals surface area contributed by atoms with E-state index in [4.69, 9.17) is 14.7 Å². The maximum Gasteiger partial charge on any atom is 0.422 e. The van der Waals surface area contributed by atoms with Crippen LogP contribution in [-0.4, -0.2) is 26.0 Å². The average Bonchev–Trinajstić information content (AvgIpc) is 3.91. The Kier molecular flexibility index (Phi) is 8.26. The Hall–Kier alpha value is -7.64. The number of rotatable bonds is 7. The third kappa shape index (κ3) is 5.73. The maximum absolute atomic E-state index is 6.82. The summed E-state index contributed by atoms with van der Waals surface area (Å²) in [6.45, 7) is 4.21. The SMILES string of the molecule is Cc1cccc(C)c1B1N(c2c(-c3ccccc3)cccc2-c2ccccc2)c2ccc(Oc3ccc4c5ccccc5n(-c5ccccn5)c4c3)cc2-c2nccn21. The smallest absolute Gasteiger partial charge is 0.422 e. The quantitative estimate of drug-likeness (QED) is 0.152. The number of ether oxygens (including phenoxy) is 1. The number of aromatic nitrogens is 4. The molecule has 1 aliphatic heterocycles. The molecule has 11 rings (SSSR count). The van der Waals surface area contributed by atoms with Gasteiger partial charge in [-0.15, -0.1) is 0 Å². The van der Waals surface area contributed by atoms with E-state index in [0.29, 0.717) is 0 Å². The lowest BCUT2D eigenvalue weighted by Crippen LogP contribution is -2.55. The van der Waals surface area contributed by atoms with Gasteiger partial charge < -0.3 is 14.0 Å². The molecule has 0 saturated heterocycles. The molecule has 4 heterocycles. The molecule has 0 bridgehead atoms. The lowest BCUT2D eigenvalue weighted by Gasteiger charge is -2.41. The van der Waals surface area contributed by atoms with Gasteiger partial charge in [-0.25, -0.2) is 9.97 Å². The van der Waals surface area contributed by atoms with Gasteiger partial charge in [0.1, 0.15) is 23.1 Å². The highest BCUT2D eigenvalue weighted by Gasteiger charge is 2.41. The van der Waals surface area contributed by atoms with Gasteiger partial charge in [0, 0.05) is 63.5 Å². The van der Waals surface area contributed by atoms with Crippen LogP contribution >= 0.6 is 0 Å². The monoisotopic (exact) mass is 759 g/mol. The number of hydrogen-bond donors (Lipinski definition) is 0. The van der Waals surface area contributed by atoms with Crippen molar-refractivity contribution >= 4 is 45.6 Å². The van der Waals surface area contributed by atoms with Crippen LogP contribution in [0, 0.1) is 13.8 Å². The minimum absolute atomic E-state index is 0.226. The molecule has 0 saturated carbocycles. The number of fused-ring (bicyclic) bond motifs is 6. The first-order valence-electron chi connectivity index (χ1n) is 20.0. The second-order valence-electron chi connectivity index (χ2n) is 15.1. The first-order chi connectivity index (χ1) is 29.1. The summed E-state index contributed by atoms with van der Waals surface area (Å²) in [5, 5.41) is 2.31. The van der Waals surface area contributed by atoms with E-state index in [-0.39, 0.29) is 6.98 Å². The van der Waals surface area contributed by atoms with E-state index in [1.807, 2.05) is 30.6 Å². The fourth-order valence-corrected chi connectivity index (χ4v) is 9.08. The molecule has 0 unspecified atom stereocenters. The van der Waals surface area contributed by atoms with E-state index >= 15 is 0 Å². The Labute approximate surface area is 343 Å². The molecule has 3 aromatic heterocycles. The van der Waals surface area contributed by atoms with Crippen LogP contribution in [-0.2, 0) is 0 Å². The van der Waals surface area contributed by atoms with Crippen LogP contribution in [0.4, 0.5) is 11.4 Å². The summed E-state index contributed by atoms with van der Waals surface area (Å²) in [6.07, 6.45) is 5.87. The van der Waals surface area contributed by atoms with E-state index in [9.17, 15) is 0 Å². The van der Waals surface area contributed by atoms with Gasteiger partial charge in [0.05, 0.1) is 11.0 Å². The molecule has 0 aliphatic carbocycles. The third-order valence-electron chi connectivity index (χ3n) is 11.7. The number of pyridine rings is 1. The van der Waals surface area contributed by atoms with Crippen molar-refractivity contribution in [3.63, 3.8) is 0 Å². The Morgan fingerprint density at radius 3 is 1.88 bits per heavy atom. The number of nitrogens with zero attached hydrogens (tertiary/aromatic N) is 5. The van der Waals surface area contributed by atoms with Crippen LogP contribution in [0.15, 0.2) is 195 Å². The van der Waals surface area contributed by atoms with Crippen molar-refractivity contribution in [3.05, 3.63) is 206 Å². The first-order valence-corrected chi connectivity index (χ1v) is 20.0. The van der Waals surface area contributed by atoms with Crippen molar-refractivity contribution in [2.24, 2.45) is 0 Å². The number of anilines is 2. The first kappa shape index (κ1) is 34.6. The van der Waals surface area contributed by atoms with Crippen molar-refractivity contribution in [1.29, 1.82) is 0 Å². The normalized spacial score (nSPS) is 12.2. The second-order valence-corrected chi connectivity index (χ2v) is 15.1. The summed E-state index contributed by atoms with van der Waals surface area (Å²) < 4.78 is 11.4. The Bertz CT molecular complexity index is 3100. The van der Waals surface area contributed by atoms with E-state index in [1.54, 1.807) is 0 Å². The number of aryl methyl sites for hydroxylation is 2. The zero-order valence-corrected chi connectivity index (χ0v) is 32.7. The molecular formula is C52H38BN5O. The number of benzene rings is 7. The number of hydrogen-bond acceptors (Lipinski definition) is 4. The van der Waals surface area contributed by atoms with Gasteiger partial charge >= 0.3 is 6.98 Å². The summed E-state index contributed by atoms with van der Waals surface area (Å²) in [7, 11) is 0. The summed E-state index contributed by atoms with van der Waals surface area (Å²) in [4.78, 5) is 12.3. The van der Waals surface area contributed by atoms with Crippen molar-refractivity contribution in [2.75, 3.05) is 4.81 Å². The van der Waals surface area contributed by atoms with Gasteiger partial charge in [-0.05, 0) is 79.0 Å². The van der Waals surface area contributed by atoms with Crippen molar-refractivity contribution in [2.45, 2.75) is 13.8 Å². The van der Waals surface area contributed by atoms with Crippen LogP contribution in [0.25, 0.3) is 61.3 Å². The lowest BCUT2D eigenvalue weighted by atomic mass is 9.59. The molecule has 0 radical (unpaired) electrons. The van der Waals surface area contributed by atoms with Crippen molar-refractivity contribution < 1.29 is 4.74 Å². The second kappa shape index (κ2) is 14.1. The number of imidazole rings is 1. The molecule has 0 atom stereocenters. The molecule has 0 fully saturated rings. The minimum atomic E-state index is -0.226. The minimum Gasteiger partial charge on any atom is -0.457 e. The molecule has 6 nitrogen and oxygen atoms in total. The molecule has 0 N–H and O–H groups in total. The molecule has 7 aromatic carbocycles. The molecule has 0 amide bonds. The van der Waals surface area contributed by atoms with Gasteiger partial charge in [-0.3, -0.25) is 4.57 Å². The molecule has 280 valence electrons. The van der Waals surface area contributed by atoms with Gasteiger partial charge in [0.15, 0.2) is 0 Å². The summed E-state index contributed by atoms with van der Waals surface area (Å²) in [5.41, 5.74) is 13.6. The molecule has 10 aromatic rings.